The van der Waals surface area contributed by atoms with Gasteiger partial charge in [0.05, 0.1) is 5.69 Å². The molecule has 1 aromatic rings. The van der Waals surface area contributed by atoms with Crippen LogP contribution in [0.1, 0.15) is 11.4 Å². The second kappa shape index (κ2) is 2.66. The number of nitrogens with two attached hydrogens (primary N) is 1. The molecule has 0 aliphatic rings. The largest absolute Gasteiger partial charge is 0.326 e. The first-order chi connectivity index (χ1) is 4.74. The summed E-state index contributed by atoms with van der Waals surface area (Å²) < 4.78 is 0. The molecule has 0 atom stereocenters. The Morgan fingerprint density at radius 2 is 2.60 bits per heavy atom. The van der Waals surface area contributed by atoms with Gasteiger partial charge < -0.3 is 5.73 Å². The number of H-pyrrole nitrogens is 1. The standard InChI is InChI=1S/C7H11N3/c1-5(4-8)7-3-6(2)9-10-7/h3H,1,4,8H2,2H3,(H,9,10). The van der Waals surface area contributed by atoms with Gasteiger partial charge in [-0.15, -0.1) is 0 Å². The van der Waals surface area contributed by atoms with Crippen LogP contribution in [0.15, 0.2) is 12.6 Å². The molecule has 0 saturated heterocycles. The maximum Gasteiger partial charge on any atom is 0.0890 e. The highest BCUT2D eigenvalue weighted by Crippen LogP contribution is 2.07. The van der Waals surface area contributed by atoms with E-state index in [2.05, 4.69) is 16.8 Å². The number of hydrogen-bond acceptors (Lipinski definition) is 2. The van der Waals surface area contributed by atoms with Gasteiger partial charge in [-0.2, -0.15) is 5.10 Å². The van der Waals surface area contributed by atoms with Gasteiger partial charge >= 0.3 is 0 Å². The minimum Gasteiger partial charge on any atom is -0.326 e. The Kier molecular flexibility index (Phi) is 1.87. The maximum absolute atomic E-state index is 5.36. The fourth-order valence-electron chi connectivity index (χ4n) is 0.704. The Morgan fingerprint density at radius 1 is 1.90 bits per heavy atom. The molecule has 3 N–H and O–H groups in total. The highest BCUT2D eigenvalue weighted by atomic mass is 15.1. The molecule has 0 bridgehead atoms. The topological polar surface area (TPSA) is 54.7 Å². The predicted molar refractivity (Wildman–Crippen MR) is 41.4 cm³/mol. The summed E-state index contributed by atoms with van der Waals surface area (Å²) in [5, 5.41) is 6.80. The van der Waals surface area contributed by atoms with Crippen molar-refractivity contribution in [2.24, 2.45) is 5.73 Å². The van der Waals surface area contributed by atoms with Crippen LogP contribution < -0.4 is 5.73 Å². The van der Waals surface area contributed by atoms with E-state index in [4.69, 9.17) is 5.73 Å². The molecule has 0 fully saturated rings. The van der Waals surface area contributed by atoms with Crippen molar-refractivity contribution in [3.63, 3.8) is 0 Å². The van der Waals surface area contributed by atoms with Crippen molar-refractivity contribution in [2.75, 3.05) is 6.54 Å². The zero-order valence-corrected chi connectivity index (χ0v) is 6.02. The number of aromatic nitrogens is 2. The van der Waals surface area contributed by atoms with Gasteiger partial charge in [0.1, 0.15) is 0 Å². The van der Waals surface area contributed by atoms with Crippen LogP contribution in [0, 0.1) is 6.92 Å². The molecule has 0 amide bonds. The van der Waals surface area contributed by atoms with Gasteiger partial charge in [-0.25, -0.2) is 0 Å². The molecule has 0 spiro atoms. The van der Waals surface area contributed by atoms with Gasteiger partial charge in [0.15, 0.2) is 0 Å². The monoisotopic (exact) mass is 137 g/mol. The SMILES string of the molecule is C=C(CN)c1cc(C)[nH]n1. The molecule has 1 rings (SSSR count). The Balaban J connectivity index is 2.85. The second-order valence-electron chi connectivity index (χ2n) is 2.24. The van der Waals surface area contributed by atoms with Crippen LogP contribution in [0.2, 0.25) is 0 Å². The number of nitrogens with zero attached hydrogens (tertiary/aromatic N) is 1. The van der Waals surface area contributed by atoms with Gasteiger partial charge in [0.25, 0.3) is 0 Å². The molecule has 0 aliphatic heterocycles. The van der Waals surface area contributed by atoms with Gasteiger partial charge in [0.2, 0.25) is 0 Å². The summed E-state index contributed by atoms with van der Waals surface area (Å²) in [7, 11) is 0. The van der Waals surface area contributed by atoms with Crippen molar-refractivity contribution in [2.45, 2.75) is 6.92 Å². The first kappa shape index (κ1) is 7.02. The zero-order chi connectivity index (χ0) is 7.56. The van der Waals surface area contributed by atoms with Gasteiger partial charge in [-0.3, -0.25) is 5.10 Å². The first-order valence-corrected chi connectivity index (χ1v) is 3.14. The van der Waals surface area contributed by atoms with E-state index in [1.807, 2.05) is 13.0 Å². The van der Waals surface area contributed by atoms with E-state index in [1.165, 1.54) is 0 Å². The Bertz CT molecular complexity index is 237. The van der Waals surface area contributed by atoms with E-state index < -0.39 is 0 Å². The predicted octanol–water partition coefficient (Wildman–Crippen LogP) is 0.690. The number of aromatic amines is 1. The average Bonchev–Trinajstić information content (AvgIpc) is 2.34. The highest BCUT2D eigenvalue weighted by Gasteiger charge is 1.98. The highest BCUT2D eigenvalue weighted by molar-refractivity contribution is 5.61. The van der Waals surface area contributed by atoms with E-state index in [1.54, 1.807) is 0 Å². The van der Waals surface area contributed by atoms with E-state index in [0.717, 1.165) is 17.0 Å². The normalized spacial score (nSPS) is 9.80. The van der Waals surface area contributed by atoms with Crippen molar-refractivity contribution in [3.05, 3.63) is 24.0 Å². The van der Waals surface area contributed by atoms with Crippen LogP contribution in [-0.4, -0.2) is 16.7 Å². The molecule has 0 unspecified atom stereocenters. The number of aryl methyl sites for hydroxylation is 1. The lowest BCUT2D eigenvalue weighted by Crippen LogP contribution is -2.00. The van der Waals surface area contributed by atoms with E-state index in [9.17, 15) is 0 Å². The van der Waals surface area contributed by atoms with Crippen LogP contribution in [0.5, 0.6) is 0 Å². The van der Waals surface area contributed by atoms with E-state index in [-0.39, 0.29) is 0 Å². The lowest BCUT2D eigenvalue weighted by Gasteiger charge is -1.92. The van der Waals surface area contributed by atoms with Crippen LogP contribution in [-0.2, 0) is 0 Å². The molecule has 3 nitrogen and oxygen atoms in total. The van der Waals surface area contributed by atoms with Gasteiger partial charge in [-0.1, -0.05) is 6.58 Å². The molecule has 1 heterocycles. The zero-order valence-electron chi connectivity index (χ0n) is 6.02. The quantitative estimate of drug-likeness (QED) is 0.630. The van der Waals surface area contributed by atoms with Crippen LogP contribution in [0.25, 0.3) is 5.57 Å². The molecular formula is C7H11N3. The third kappa shape index (κ3) is 1.25. The second-order valence-corrected chi connectivity index (χ2v) is 2.24. The van der Waals surface area contributed by atoms with E-state index in [0.29, 0.717) is 6.54 Å². The minimum atomic E-state index is 0.463. The van der Waals surface area contributed by atoms with Crippen molar-refractivity contribution >= 4 is 5.57 Å². The fourth-order valence-corrected chi connectivity index (χ4v) is 0.704. The molecule has 3 heteroatoms. The lowest BCUT2D eigenvalue weighted by molar-refractivity contribution is 1.03. The number of nitrogens with one attached hydrogen (secondary N) is 1. The first-order valence-electron chi connectivity index (χ1n) is 3.14. The van der Waals surface area contributed by atoms with E-state index >= 15 is 0 Å². The fraction of sp³-hybridized carbons (Fsp3) is 0.286. The van der Waals surface area contributed by atoms with Crippen molar-refractivity contribution in [3.8, 4) is 0 Å². The number of rotatable bonds is 2. The number of hydrogen-bond donors (Lipinski definition) is 2. The summed E-state index contributed by atoms with van der Waals surface area (Å²) in [5.41, 5.74) is 8.12. The third-order valence-electron chi connectivity index (χ3n) is 1.31. The molecule has 0 saturated carbocycles. The molecular weight excluding hydrogens is 126 g/mol. The van der Waals surface area contributed by atoms with Crippen molar-refractivity contribution < 1.29 is 0 Å². The summed E-state index contributed by atoms with van der Waals surface area (Å²) in [6.45, 7) is 6.16. The van der Waals surface area contributed by atoms with Crippen LogP contribution >= 0.6 is 0 Å². The lowest BCUT2D eigenvalue weighted by atomic mass is 10.2. The third-order valence-corrected chi connectivity index (χ3v) is 1.31. The molecule has 54 valence electrons. The smallest absolute Gasteiger partial charge is 0.0890 e. The molecule has 0 radical (unpaired) electrons. The summed E-state index contributed by atoms with van der Waals surface area (Å²) in [4.78, 5) is 0. The van der Waals surface area contributed by atoms with Crippen LogP contribution in [0.3, 0.4) is 0 Å². The van der Waals surface area contributed by atoms with Crippen molar-refractivity contribution in [1.82, 2.24) is 10.2 Å². The molecule has 0 aromatic carbocycles. The Morgan fingerprint density at radius 3 is 3.00 bits per heavy atom. The summed E-state index contributed by atoms with van der Waals surface area (Å²) >= 11 is 0. The van der Waals surface area contributed by atoms with Crippen LogP contribution in [0.4, 0.5) is 0 Å². The summed E-state index contributed by atoms with van der Waals surface area (Å²) in [6.07, 6.45) is 0. The van der Waals surface area contributed by atoms with Gasteiger partial charge in [0, 0.05) is 12.2 Å². The molecule has 1 aromatic heterocycles. The average molecular weight is 137 g/mol. The molecule has 10 heavy (non-hydrogen) atoms. The van der Waals surface area contributed by atoms with Crippen molar-refractivity contribution in [1.29, 1.82) is 0 Å². The summed E-state index contributed by atoms with van der Waals surface area (Å²) in [5.74, 6) is 0. The van der Waals surface area contributed by atoms with Gasteiger partial charge in [-0.05, 0) is 18.6 Å². The Labute approximate surface area is 59.9 Å². The Hall–Kier alpha value is -1.09. The maximum atomic E-state index is 5.36. The summed E-state index contributed by atoms with van der Waals surface area (Å²) in [6, 6.07) is 1.93. The molecule has 0 aliphatic carbocycles. The minimum absolute atomic E-state index is 0.463.